The van der Waals surface area contributed by atoms with E-state index in [1.807, 2.05) is 54.6 Å². The number of fused-ring (bicyclic) bond motifs is 1. The van der Waals surface area contributed by atoms with Crippen molar-refractivity contribution in [2.24, 2.45) is 0 Å². The zero-order valence-electron chi connectivity index (χ0n) is 12.6. The molecule has 0 spiro atoms. The molecule has 0 aliphatic carbocycles. The van der Waals surface area contributed by atoms with Crippen molar-refractivity contribution in [2.45, 2.75) is 11.4 Å². The highest BCUT2D eigenvalue weighted by atomic mass is 32.2. The molecule has 23 heavy (non-hydrogen) atoms. The van der Waals surface area contributed by atoms with E-state index in [9.17, 15) is 9.59 Å². The molecule has 1 amide bonds. The molecule has 0 atom stereocenters. The fourth-order valence-electron chi connectivity index (χ4n) is 2.35. The van der Waals surface area contributed by atoms with Crippen LogP contribution in [-0.2, 0) is 20.9 Å². The maximum atomic E-state index is 12.8. The second-order valence-electron chi connectivity index (χ2n) is 4.98. The smallest absolute Gasteiger partial charge is 0.331 e. The number of thioether (sulfide) groups is 1. The summed E-state index contributed by atoms with van der Waals surface area (Å²) < 4.78 is 4.64. The Morgan fingerprint density at radius 3 is 2.57 bits per heavy atom. The van der Waals surface area contributed by atoms with E-state index in [2.05, 4.69) is 4.74 Å². The zero-order chi connectivity index (χ0) is 16.2. The third kappa shape index (κ3) is 3.29. The molecule has 2 aromatic rings. The molecule has 0 unspecified atom stereocenters. The molecule has 4 nitrogen and oxygen atoms in total. The fourth-order valence-corrected chi connectivity index (χ4v) is 3.37. The molecule has 3 rings (SSSR count). The van der Waals surface area contributed by atoms with Gasteiger partial charge >= 0.3 is 5.97 Å². The van der Waals surface area contributed by atoms with Crippen molar-refractivity contribution in [1.29, 1.82) is 0 Å². The standard InChI is InChI=1S/C18H15NO3S/c1-22-17(20)11-16-18(21)19(12-13-7-3-2-4-8-13)14-9-5-6-10-15(14)23-16/h2-11H,12H2,1H3. The van der Waals surface area contributed by atoms with Gasteiger partial charge in [0.2, 0.25) is 0 Å². The Kier molecular flexibility index (Phi) is 4.48. The molecule has 116 valence electrons. The Bertz CT molecular complexity index is 771. The average molecular weight is 325 g/mol. The summed E-state index contributed by atoms with van der Waals surface area (Å²) in [5.41, 5.74) is 1.88. The highest BCUT2D eigenvalue weighted by molar-refractivity contribution is 8.04. The Morgan fingerprint density at radius 2 is 1.83 bits per heavy atom. The average Bonchev–Trinajstić information content (AvgIpc) is 2.59. The zero-order valence-corrected chi connectivity index (χ0v) is 13.4. The summed E-state index contributed by atoms with van der Waals surface area (Å²) in [5, 5.41) is 0. The summed E-state index contributed by atoms with van der Waals surface area (Å²) >= 11 is 1.29. The van der Waals surface area contributed by atoms with E-state index in [-0.39, 0.29) is 5.91 Å². The van der Waals surface area contributed by atoms with Crippen molar-refractivity contribution in [2.75, 3.05) is 12.0 Å². The van der Waals surface area contributed by atoms with Gasteiger partial charge in [0.05, 0.1) is 24.2 Å². The molecule has 1 aliphatic rings. The SMILES string of the molecule is COC(=O)C=C1Sc2ccccc2N(Cc2ccccc2)C1=O. The second kappa shape index (κ2) is 6.71. The van der Waals surface area contributed by atoms with Gasteiger partial charge in [0, 0.05) is 11.0 Å². The first kappa shape index (κ1) is 15.4. The van der Waals surface area contributed by atoms with Crippen LogP contribution in [0.3, 0.4) is 0 Å². The third-order valence-corrected chi connectivity index (χ3v) is 4.54. The number of esters is 1. The van der Waals surface area contributed by atoms with Crippen LogP contribution < -0.4 is 4.90 Å². The Labute approximate surface area is 138 Å². The Morgan fingerprint density at radius 1 is 1.13 bits per heavy atom. The molecule has 0 aromatic heterocycles. The van der Waals surface area contributed by atoms with Crippen LogP contribution in [0.5, 0.6) is 0 Å². The minimum absolute atomic E-state index is 0.192. The lowest BCUT2D eigenvalue weighted by Crippen LogP contribution is -2.34. The van der Waals surface area contributed by atoms with Crippen LogP contribution >= 0.6 is 11.8 Å². The summed E-state index contributed by atoms with van der Waals surface area (Å²) in [4.78, 5) is 27.3. The molecule has 2 aromatic carbocycles. The highest BCUT2D eigenvalue weighted by Crippen LogP contribution is 2.41. The van der Waals surface area contributed by atoms with Gasteiger partial charge in [-0.3, -0.25) is 4.79 Å². The molecule has 0 fully saturated rings. The predicted octanol–water partition coefficient (Wildman–Crippen LogP) is 3.38. The second-order valence-corrected chi connectivity index (χ2v) is 6.06. The summed E-state index contributed by atoms with van der Waals surface area (Å²) in [6.07, 6.45) is 1.25. The minimum Gasteiger partial charge on any atom is -0.466 e. The molecule has 0 saturated carbocycles. The number of methoxy groups -OCH3 is 1. The van der Waals surface area contributed by atoms with E-state index in [1.165, 1.54) is 24.9 Å². The fraction of sp³-hybridized carbons (Fsp3) is 0.111. The van der Waals surface area contributed by atoms with Gasteiger partial charge in [0.1, 0.15) is 0 Å². The van der Waals surface area contributed by atoms with Crippen LogP contribution in [0.4, 0.5) is 5.69 Å². The summed E-state index contributed by atoms with van der Waals surface area (Å²) in [6, 6.07) is 17.4. The van der Waals surface area contributed by atoms with Gasteiger partial charge in [-0.1, -0.05) is 54.2 Å². The number of nitrogens with zero attached hydrogens (tertiary/aromatic N) is 1. The van der Waals surface area contributed by atoms with Crippen molar-refractivity contribution in [3.8, 4) is 0 Å². The molecule has 0 bridgehead atoms. The van der Waals surface area contributed by atoms with Gasteiger partial charge in [-0.2, -0.15) is 0 Å². The molecular formula is C18H15NO3S. The van der Waals surface area contributed by atoms with Crippen LogP contribution in [-0.4, -0.2) is 19.0 Å². The number of carbonyl (C=O) groups is 2. The van der Waals surface area contributed by atoms with Crippen LogP contribution in [0.1, 0.15) is 5.56 Å². The quantitative estimate of drug-likeness (QED) is 0.641. The highest BCUT2D eigenvalue weighted by Gasteiger charge is 2.29. The van der Waals surface area contributed by atoms with Gasteiger partial charge in [0.25, 0.3) is 5.91 Å². The van der Waals surface area contributed by atoms with E-state index in [1.54, 1.807) is 4.90 Å². The number of carbonyl (C=O) groups excluding carboxylic acids is 2. The van der Waals surface area contributed by atoms with Crippen molar-refractivity contribution in [3.63, 3.8) is 0 Å². The van der Waals surface area contributed by atoms with Crippen LogP contribution in [0.25, 0.3) is 0 Å². The van der Waals surface area contributed by atoms with E-state index in [0.29, 0.717) is 11.4 Å². The Balaban J connectivity index is 2.00. The lowest BCUT2D eigenvalue weighted by molar-refractivity contribution is -0.135. The number of rotatable bonds is 3. The molecule has 0 N–H and O–H groups in total. The number of hydrogen-bond acceptors (Lipinski definition) is 4. The lowest BCUT2D eigenvalue weighted by atomic mass is 10.2. The lowest BCUT2D eigenvalue weighted by Gasteiger charge is -2.30. The molecular weight excluding hydrogens is 310 g/mol. The van der Waals surface area contributed by atoms with Gasteiger partial charge in [-0.05, 0) is 17.7 Å². The van der Waals surface area contributed by atoms with Crippen molar-refractivity contribution in [3.05, 3.63) is 71.1 Å². The summed E-state index contributed by atoms with van der Waals surface area (Å²) in [5.74, 6) is -0.720. The van der Waals surface area contributed by atoms with Crippen LogP contribution in [0.2, 0.25) is 0 Å². The maximum absolute atomic E-state index is 12.8. The molecule has 1 aliphatic heterocycles. The molecule has 1 heterocycles. The van der Waals surface area contributed by atoms with Crippen molar-refractivity contribution >= 4 is 29.3 Å². The van der Waals surface area contributed by atoms with Crippen LogP contribution in [0, 0.1) is 0 Å². The van der Waals surface area contributed by atoms with E-state index < -0.39 is 5.97 Å². The van der Waals surface area contributed by atoms with Crippen molar-refractivity contribution < 1.29 is 14.3 Å². The summed E-state index contributed by atoms with van der Waals surface area (Å²) in [6.45, 7) is 0.454. The molecule has 0 radical (unpaired) electrons. The number of benzene rings is 2. The largest absolute Gasteiger partial charge is 0.466 e. The van der Waals surface area contributed by atoms with Gasteiger partial charge < -0.3 is 9.64 Å². The Hall–Kier alpha value is -2.53. The predicted molar refractivity (Wildman–Crippen MR) is 90.0 cm³/mol. The third-order valence-electron chi connectivity index (χ3n) is 3.47. The first-order chi connectivity index (χ1) is 11.2. The van der Waals surface area contributed by atoms with Gasteiger partial charge in [0.15, 0.2) is 0 Å². The summed E-state index contributed by atoms with van der Waals surface area (Å²) in [7, 11) is 1.30. The van der Waals surface area contributed by atoms with Gasteiger partial charge in [-0.25, -0.2) is 4.79 Å². The van der Waals surface area contributed by atoms with E-state index in [0.717, 1.165) is 16.1 Å². The van der Waals surface area contributed by atoms with Crippen LogP contribution in [0.15, 0.2) is 70.5 Å². The minimum atomic E-state index is -0.528. The normalized spacial score (nSPS) is 15.4. The van der Waals surface area contributed by atoms with E-state index in [4.69, 9.17) is 0 Å². The number of para-hydroxylation sites is 1. The first-order valence-electron chi connectivity index (χ1n) is 7.11. The van der Waals surface area contributed by atoms with Crippen molar-refractivity contribution in [1.82, 2.24) is 0 Å². The monoisotopic (exact) mass is 325 g/mol. The van der Waals surface area contributed by atoms with Gasteiger partial charge in [-0.15, -0.1) is 0 Å². The number of anilines is 1. The van der Waals surface area contributed by atoms with E-state index >= 15 is 0 Å². The first-order valence-corrected chi connectivity index (χ1v) is 7.93. The number of amides is 1. The topological polar surface area (TPSA) is 46.6 Å². The molecule has 5 heteroatoms. The number of hydrogen-bond donors (Lipinski definition) is 0. The number of ether oxygens (including phenoxy) is 1. The maximum Gasteiger partial charge on any atom is 0.331 e. The molecule has 0 saturated heterocycles.